The maximum Gasteiger partial charge on any atom is 0.244 e. The molecule has 0 radical (unpaired) electrons. The van der Waals surface area contributed by atoms with Crippen molar-refractivity contribution in [1.29, 1.82) is 0 Å². The van der Waals surface area contributed by atoms with Crippen LogP contribution in [0.5, 0.6) is 5.75 Å². The highest BCUT2D eigenvalue weighted by Gasteiger charge is 2.30. The van der Waals surface area contributed by atoms with Crippen molar-refractivity contribution in [3.05, 3.63) is 58.6 Å². The van der Waals surface area contributed by atoms with Gasteiger partial charge in [0.15, 0.2) is 0 Å². The molecule has 0 saturated heterocycles. The second-order valence-electron chi connectivity index (χ2n) is 6.93. The molecule has 0 saturated carbocycles. The van der Waals surface area contributed by atoms with Gasteiger partial charge in [0.2, 0.25) is 15.9 Å². The molecule has 1 amide bonds. The van der Waals surface area contributed by atoms with Gasteiger partial charge < -0.3 is 10.1 Å². The quantitative estimate of drug-likeness (QED) is 0.673. The van der Waals surface area contributed by atoms with Crippen molar-refractivity contribution in [2.75, 3.05) is 17.7 Å². The zero-order valence-corrected chi connectivity index (χ0v) is 18.8. The minimum atomic E-state index is -3.74. The van der Waals surface area contributed by atoms with E-state index in [0.717, 1.165) is 21.7 Å². The number of anilines is 1. The molecular weight excluding hydrogens is 412 g/mol. The minimum Gasteiger partial charge on any atom is -0.495 e. The van der Waals surface area contributed by atoms with Crippen LogP contribution in [0, 0.1) is 6.92 Å². The molecule has 1 N–H and O–H groups in total. The maximum atomic E-state index is 12.9. The predicted molar refractivity (Wildman–Crippen MR) is 117 cm³/mol. The maximum absolute atomic E-state index is 12.9. The number of carbonyl (C=O) groups excluding carboxylic acids is 1. The molecule has 2 aromatic rings. The number of hydrogen-bond donors (Lipinski definition) is 1. The van der Waals surface area contributed by atoms with Gasteiger partial charge in [-0.2, -0.15) is 0 Å². The van der Waals surface area contributed by atoms with Crippen molar-refractivity contribution in [1.82, 2.24) is 5.32 Å². The number of methoxy groups -OCH3 is 1. The zero-order chi connectivity index (χ0) is 21.8. The predicted octanol–water partition coefficient (Wildman–Crippen LogP) is 4.08. The lowest BCUT2D eigenvalue weighted by atomic mass is 10.0. The Labute approximate surface area is 177 Å². The largest absolute Gasteiger partial charge is 0.495 e. The van der Waals surface area contributed by atoms with Gasteiger partial charge in [0.25, 0.3) is 0 Å². The summed E-state index contributed by atoms with van der Waals surface area (Å²) in [5.41, 5.74) is 2.39. The van der Waals surface area contributed by atoms with Crippen LogP contribution in [-0.2, 0) is 14.8 Å². The Hall–Kier alpha value is -2.25. The van der Waals surface area contributed by atoms with Gasteiger partial charge >= 0.3 is 0 Å². The van der Waals surface area contributed by atoms with Gasteiger partial charge in [0.1, 0.15) is 11.8 Å². The zero-order valence-electron chi connectivity index (χ0n) is 17.3. The second kappa shape index (κ2) is 9.50. The molecule has 0 aromatic heterocycles. The summed E-state index contributed by atoms with van der Waals surface area (Å²) >= 11 is 6.16. The van der Waals surface area contributed by atoms with Gasteiger partial charge in [0, 0.05) is 0 Å². The first-order valence-corrected chi connectivity index (χ1v) is 11.5. The molecule has 2 unspecified atom stereocenters. The lowest BCUT2D eigenvalue weighted by Crippen LogP contribution is -2.48. The van der Waals surface area contributed by atoms with Gasteiger partial charge in [-0.05, 0) is 44.0 Å². The second-order valence-corrected chi connectivity index (χ2v) is 9.20. The Balaban J connectivity index is 2.31. The van der Waals surface area contributed by atoms with Gasteiger partial charge in [-0.3, -0.25) is 9.10 Å². The molecule has 8 heteroatoms. The molecule has 0 spiro atoms. The summed E-state index contributed by atoms with van der Waals surface area (Å²) in [5.74, 6) is 0.0289. The number of benzene rings is 2. The molecule has 0 aliphatic rings. The number of amides is 1. The normalized spacial score (nSPS) is 13.4. The third-order valence-electron chi connectivity index (χ3n) is 4.68. The Morgan fingerprint density at radius 3 is 2.31 bits per heavy atom. The van der Waals surface area contributed by atoms with E-state index >= 15 is 0 Å². The number of sulfonamides is 1. The number of nitrogens with one attached hydrogen (secondary N) is 1. The fraction of sp³-hybridized carbons (Fsp3) is 0.381. The summed E-state index contributed by atoms with van der Waals surface area (Å²) in [6.07, 6.45) is 1.74. The van der Waals surface area contributed by atoms with E-state index in [1.807, 2.05) is 38.1 Å². The van der Waals surface area contributed by atoms with E-state index in [9.17, 15) is 13.2 Å². The Kier molecular flexibility index (Phi) is 7.54. The minimum absolute atomic E-state index is 0.216. The fourth-order valence-corrected chi connectivity index (χ4v) is 4.53. The van der Waals surface area contributed by atoms with Crippen LogP contribution in [-0.4, -0.2) is 33.7 Å². The number of carbonyl (C=O) groups is 1. The Bertz CT molecular complexity index is 961. The van der Waals surface area contributed by atoms with Crippen molar-refractivity contribution in [3.63, 3.8) is 0 Å². The average molecular weight is 439 g/mol. The summed E-state index contributed by atoms with van der Waals surface area (Å²) < 4.78 is 31.1. The van der Waals surface area contributed by atoms with E-state index in [4.69, 9.17) is 16.3 Å². The molecular formula is C21H27ClN2O4S. The first-order valence-electron chi connectivity index (χ1n) is 9.28. The molecule has 2 aromatic carbocycles. The average Bonchev–Trinajstić information content (AvgIpc) is 2.65. The molecule has 0 bridgehead atoms. The summed E-state index contributed by atoms with van der Waals surface area (Å²) in [6.45, 7) is 5.51. The molecule has 6 nitrogen and oxygen atoms in total. The van der Waals surface area contributed by atoms with Gasteiger partial charge in [-0.25, -0.2) is 8.42 Å². The van der Waals surface area contributed by atoms with E-state index in [1.54, 1.807) is 19.1 Å². The first kappa shape index (κ1) is 23.0. The molecule has 29 heavy (non-hydrogen) atoms. The number of ether oxygens (including phenoxy) is 1. The fourth-order valence-electron chi connectivity index (χ4n) is 3.11. The van der Waals surface area contributed by atoms with Crippen LogP contribution in [0.1, 0.15) is 37.4 Å². The van der Waals surface area contributed by atoms with Crippen molar-refractivity contribution >= 4 is 33.2 Å². The van der Waals surface area contributed by atoms with Crippen molar-refractivity contribution in [2.45, 2.75) is 39.3 Å². The van der Waals surface area contributed by atoms with Crippen LogP contribution in [0.3, 0.4) is 0 Å². The van der Waals surface area contributed by atoms with E-state index in [1.165, 1.54) is 13.2 Å². The van der Waals surface area contributed by atoms with Crippen molar-refractivity contribution in [2.24, 2.45) is 0 Å². The van der Waals surface area contributed by atoms with Crippen LogP contribution in [0.4, 0.5) is 5.69 Å². The number of hydrogen-bond acceptors (Lipinski definition) is 4. The SMILES string of the molecule is CCC(NC(=O)C(C)N(c1ccc(OC)c(Cl)c1)S(C)(=O)=O)c1ccc(C)cc1. The van der Waals surface area contributed by atoms with Crippen LogP contribution in [0.2, 0.25) is 5.02 Å². The molecule has 0 aliphatic carbocycles. The lowest BCUT2D eigenvalue weighted by Gasteiger charge is -2.30. The summed E-state index contributed by atoms with van der Waals surface area (Å²) in [5, 5.41) is 3.22. The molecule has 2 atom stereocenters. The summed E-state index contributed by atoms with van der Waals surface area (Å²) in [4.78, 5) is 12.9. The highest BCUT2D eigenvalue weighted by atomic mass is 35.5. The Morgan fingerprint density at radius 2 is 1.83 bits per heavy atom. The van der Waals surface area contributed by atoms with E-state index < -0.39 is 22.0 Å². The van der Waals surface area contributed by atoms with Crippen LogP contribution >= 0.6 is 11.6 Å². The van der Waals surface area contributed by atoms with Crippen LogP contribution < -0.4 is 14.4 Å². The van der Waals surface area contributed by atoms with Gasteiger partial charge in [-0.1, -0.05) is 48.4 Å². The topological polar surface area (TPSA) is 75.7 Å². The molecule has 0 aliphatic heterocycles. The van der Waals surface area contributed by atoms with E-state index in [-0.39, 0.29) is 11.1 Å². The smallest absolute Gasteiger partial charge is 0.244 e. The van der Waals surface area contributed by atoms with Crippen LogP contribution in [0.25, 0.3) is 0 Å². The summed E-state index contributed by atoms with van der Waals surface area (Å²) in [6, 6.07) is 11.3. The summed E-state index contributed by atoms with van der Waals surface area (Å²) in [7, 11) is -2.26. The molecule has 0 fully saturated rings. The van der Waals surface area contributed by atoms with Crippen molar-refractivity contribution < 1.29 is 17.9 Å². The third-order valence-corrected chi connectivity index (χ3v) is 6.22. The number of nitrogens with zero attached hydrogens (tertiary/aromatic N) is 1. The highest BCUT2D eigenvalue weighted by Crippen LogP contribution is 2.31. The number of aryl methyl sites for hydroxylation is 1. The van der Waals surface area contributed by atoms with Crippen LogP contribution in [0.15, 0.2) is 42.5 Å². The van der Waals surface area contributed by atoms with Gasteiger partial charge in [0.05, 0.1) is 30.1 Å². The molecule has 158 valence electrons. The number of rotatable bonds is 8. The molecule has 2 rings (SSSR count). The Morgan fingerprint density at radius 1 is 1.21 bits per heavy atom. The van der Waals surface area contributed by atoms with E-state index in [0.29, 0.717) is 17.9 Å². The lowest BCUT2D eigenvalue weighted by molar-refractivity contribution is -0.122. The number of halogens is 1. The molecule has 0 heterocycles. The first-order chi connectivity index (χ1) is 13.6. The van der Waals surface area contributed by atoms with Crippen molar-refractivity contribution in [3.8, 4) is 5.75 Å². The third kappa shape index (κ3) is 5.64. The monoisotopic (exact) mass is 438 g/mol. The van der Waals surface area contributed by atoms with Gasteiger partial charge in [-0.15, -0.1) is 0 Å². The standard InChI is InChI=1S/C21H27ClN2O4S/c1-6-19(16-9-7-14(2)8-10-16)23-21(25)15(3)24(29(5,26)27)17-11-12-20(28-4)18(22)13-17/h7-13,15,19H,6H2,1-5H3,(H,23,25). The van der Waals surface area contributed by atoms with E-state index in [2.05, 4.69) is 5.32 Å². The highest BCUT2D eigenvalue weighted by molar-refractivity contribution is 7.92.